The van der Waals surface area contributed by atoms with Crippen molar-refractivity contribution in [3.63, 3.8) is 0 Å². The normalized spacial score (nSPS) is 22.4. The molecule has 0 aliphatic carbocycles. The minimum Gasteiger partial charge on any atom is -0.345 e. The fourth-order valence-corrected chi connectivity index (χ4v) is 5.75. The van der Waals surface area contributed by atoms with Crippen molar-refractivity contribution in [2.45, 2.75) is 57.2 Å². The maximum Gasteiger partial charge on any atom is 0.253 e. The second kappa shape index (κ2) is 10.7. The molecule has 176 valence electrons. The van der Waals surface area contributed by atoms with E-state index in [2.05, 4.69) is 65.8 Å². The average molecular weight is 446 g/mol. The number of carbonyl (C=O) groups excluding carboxylic acids is 1. The molecule has 1 amide bonds. The van der Waals surface area contributed by atoms with E-state index in [1.165, 1.54) is 42.4 Å². The molecule has 0 N–H and O–H groups in total. The van der Waals surface area contributed by atoms with E-state index in [9.17, 15) is 4.79 Å². The van der Waals surface area contributed by atoms with Gasteiger partial charge in [0.2, 0.25) is 0 Å². The lowest BCUT2D eigenvalue weighted by atomic mass is 9.93. The summed E-state index contributed by atoms with van der Waals surface area (Å²) in [5, 5.41) is 0. The summed E-state index contributed by atoms with van der Waals surface area (Å²) in [5.41, 5.74) is 4.74. The Morgan fingerprint density at radius 1 is 1.09 bits per heavy atom. The van der Waals surface area contributed by atoms with E-state index in [-0.39, 0.29) is 11.9 Å². The Kier molecular flexibility index (Phi) is 7.67. The third kappa shape index (κ3) is 5.23. The van der Waals surface area contributed by atoms with Crippen molar-refractivity contribution < 1.29 is 4.79 Å². The highest BCUT2D eigenvalue weighted by molar-refractivity contribution is 5.93. The van der Waals surface area contributed by atoms with Gasteiger partial charge in [0, 0.05) is 51.4 Å². The van der Waals surface area contributed by atoms with Crippen molar-refractivity contribution >= 4 is 5.91 Å². The molecule has 2 bridgehead atoms. The summed E-state index contributed by atoms with van der Waals surface area (Å²) in [4.78, 5) is 19.5. The van der Waals surface area contributed by atoms with Crippen LogP contribution in [0.1, 0.15) is 65.7 Å². The Labute approximate surface area is 199 Å². The number of fused-ring (bicyclic) bond motifs is 2. The van der Waals surface area contributed by atoms with Gasteiger partial charge in [-0.25, -0.2) is 0 Å². The first-order chi connectivity index (χ1) is 16.0. The number of nitrogens with zero attached hydrogens (tertiary/aromatic N) is 3. The van der Waals surface area contributed by atoms with Crippen LogP contribution < -0.4 is 0 Å². The summed E-state index contributed by atoms with van der Waals surface area (Å²) in [6, 6.07) is 18.8. The van der Waals surface area contributed by atoms with E-state index in [0.717, 1.165) is 31.6 Å². The van der Waals surface area contributed by atoms with Crippen LogP contribution in [0.4, 0.5) is 0 Å². The van der Waals surface area contributed by atoms with Crippen LogP contribution in [-0.2, 0) is 6.42 Å². The molecule has 2 fully saturated rings. The van der Waals surface area contributed by atoms with Crippen LogP contribution in [0.3, 0.4) is 0 Å². The van der Waals surface area contributed by atoms with Crippen molar-refractivity contribution in [1.29, 1.82) is 0 Å². The van der Waals surface area contributed by atoms with Crippen LogP contribution in [-0.4, -0.2) is 66.4 Å². The summed E-state index contributed by atoms with van der Waals surface area (Å²) >= 11 is 0. The first kappa shape index (κ1) is 23.7. The number of rotatable bonds is 7. The summed E-state index contributed by atoms with van der Waals surface area (Å²) in [7, 11) is 3.61. The third-order valence-corrected chi connectivity index (χ3v) is 7.47. The molecule has 2 aromatic carbocycles. The number of hydrogen-bond donors (Lipinski definition) is 0. The van der Waals surface area contributed by atoms with Gasteiger partial charge in [-0.3, -0.25) is 14.6 Å². The molecular formula is C29H39N3O. The first-order valence-corrected chi connectivity index (χ1v) is 12.5. The van der Waals surface area contributed by atoms with Gasteiger partial charge in [-0.15, -0.1) is 6.58 Å². The third-order valence-electron chi connectivity index (χ3n) is 7.47. The lowest BCUT2D eigenvalue weighted by molar-refractivity contribution is 0.0827. The quantitative estimate of drug-likeness (QED) is 0.551. The van der Waals surface area contributed by atoms with Crippen molar-refractivity contribution in [1.82, 2.24) is 14.7 Å². The molecule has 2 aliphatic heterocycles. The molecule has 2 saturated heterocycles. The summed E-state index contributed by atoms with van der Waals surface area (Å²) in [5.74, 6) is 0.0507. The van der Waals surface area contributed by atoms with Gasteiger partial charge in [0.1, 0.15) is 0 Å². The van der Waals surface area contributed by atoms with Crippen LogP contribution >= 0.6 is 0 Å². The lowest BCUT2D eigenvalue weighted by Crippen LogP contribution is -2.48. The molecule has 4 heteroatoms. The Bertz CT molecular complexity index is 952. The Morgan fingerprint density at radius 3 is 2.55 bits per heavy atom. The highest BCUT2D eigenvalue weighted by Crippen LogP contribution is 2.36. The highest BCUT2D eigenvalue weighted by atomic mass is 16.2. The van der Waals surface area contributed by atoms with Crippen molar-refractivity contribution in [2.24, 2.45) is 0 Å². The molecule has 4 nitrogen and oxygen atoms in total. The average Bonchev–Trinajstić information content (AvgIpc) is 2.92. The van der Waals surface area contributed by atoms with Gasteiger partial charge in [-0.05, 0) is 54.5 Å². The number of hydrogen-bond acceptors (Lipinski definition) is 3. The van der Waals surface area contributed by atoms with Gasteiger partial charge in [0.05, 0.1) is 6.04 Å². The molecule has 33 heavy (non-hydrogen) atoms. The number of carbonyl (C=O) groups is 1. The molecule has 4 rings (SSSR count). The largest absolute Gasteiger partial charge is 0.345 e. The van der Waals surface area contributed by atoms with E-state index < -0.39 is 0 Å². The minimum absolute atomic E-state index is 0.0507. The van der Waals surface area contributed by atoms with Gasteiger partial charge in [0.15, 0.2) is 0 Å². The second-order valence-electron chi connectivity index (χ2n) is 9.83. The fraction of sp³-hybridized carbons (Fsp3) is 0.483. The molecule has 3 atom stereocenters. The van der Waals surface area contributed by atoms with Gasteiger partial charge in [0.25, 0.3) is 5.91 Å². The zero-order valence-corrected chi connectivity index (χ0v) is 20.5. The smallest absolute Gasteiger partial charge is 0.253 e. The molecule has 2 heterocycles. The molecule has 0 spiro atoms. The predicted molar refractivity (Wildman–Crippen MR) is 137 cm³/mol. The Balaban J connectivity index is 1.70. The fourth-order valence-electron chi connectivity index (χ4n) is 5.75. The minimum atomic E-state index is 0.0507. The van der Waals surface area contributed by atoms with Crippen molar-refractivity contribution in [3.05, 3.63) is 83.4 Å². The highest BCUT2D eigenvalue weighted by Gasteiger charge is 2.36. The van der Waals surface area contributed by atoms with Crippen LogP contribution in [0.2, 0.25) is 0 Å². The van der Waals surface area contributed by atoms with Crippen LogP contribution in [0.15, 0.2) is 61.2 Å². The maximum absolute atomic E-state index is 12.5. The van der Waals surface area contributed by atoms with Crippen molar-refractivity contribution in [3.8, 4) is 0 Å². The topological polar surface area (TPSA) is 26.8 Å². The standard InChI is InChI=1S/C29H39N3O/c1-5-18-32-26-11-8-12-27(32)21-31(19-17-26)28(25-10-7-9-22(6-2)20-25)23-13-15-24(16-14-23)29(33)30(3)4/h5,7,9-10,13-16,20,26-28H,1,6,8,11-12,17-19,21H2,2-4H3. The monoisotopic (exact) mass is 445 g/mol. The predicted octanol–water partition coefficient (Wildman–Crippen LogP) is 5.16. The SMILES string of the molecule is C=CCN1C2CCCC1CN(C(c1ccc(C(=O)N(C)C)cc1)c1cccc(CC)c1)CC2. The molecule has 0 radical (unpaired) electrons. The van der Waals surface area contributed by atoms with E-state index >= 15 is 0 Å². The number of benzene rings is 2. The number of piperidine rings is 1. The second-order valence-corrected chi connectivity index (χ2v) is 9.83. The number of amides is 1. The van der Waals surface area contributed by atoms with Gasteiger partial charge in [-0.1, -0.05) is 55.8 Å². The molecule has 3 unspecified atom stereocenters. The van der Waals surface area contributed by atoms with Gasteiger partial charge < -0.3 is 4.90 Å². The van der Waals surface area contributed by atoms with E-state index in [1.54, 1.807) is 19.0 Å². The van der Waals surface area contributed by atoms with Crippen molar-refractivity contribution in [2.75, 3.05) is 33.7 Å². The zero-order chi connectivity index (χ0) is 23.4. The summed E-state index contributed by atoms with van der Waals surface area (Å²) in [6.07, 6.45) is 8.20. The van der Waals surface area contributed by atoms with Gasteiger partial charge >= 0.3 is 0 Å². The van der Waals surface area contributed by atoms with E-state index in [1.807, 2.05) is 12.1 Å². The van der Waals surface area contributed by atoms with Crippen LogP contribution in [0.25, 0.3) is 0 Å². The Morgan fingerprint density at radius 2 is 1.85 bits per heavy atom. The van der Waals surface area contributed by atoms with E-state index in [4.69, 9.17) is 0 Å². The van der Waals surface area contributed by atoms with E-state index in [0.29, 0.717) is 12.1 Å². The summed E-state index contributed by atoms with van der Waals surface area (Å²) < 4.78 is 0. The van der Waals surface area contributed by atoms with Gasteiger partial charge in [-0.2, -0.15) is 0 Å². The first-order valence-electron chi connectivity index (χ1n) is 12.5. The molecule has 0 saturated carbocycles. The molecule has 2 aliphatic rings. The molecular weight excluding hydrogens is 406 g/mol. The molecule has 2 aromatic rings. The Hall–Kier alpha value is -2.43. The summed E-state index contributed by atoms with van der Waals surface area (Å²) in [6.45, 7) is 9.40. The number of aryl methyl sites for hydroxylation is 1. The van der Waals surface area contributed by atoms with Crippen LogP contribution in [0, 0.1) is 0 Å². The maximum atomic E-state index is 12.5. The lowest BCUT2D eigenvalue weighted by Gasteiger charge is -2.41. The van der Waals surface area contributed by atoms with Crippen LogP contribution in [0.5, 0.6) is 0 Å². The zero-order valence-electron chi connectivity index (χ0n) is 20.5. The molecule has 0 aromatic heterocycles.